The lowest BCUT2D eigenvalue weighted by Gasteiger charge is -2.05. The third kappa shape index (κ3) is 3.93. The van der Waals surface area contributed by atoms with Gasteiger partial charge in [0.25, 0.3) is 0 Å². The van der Waals surface area contributed by atoms with Gasteiger partial charge in [-0.3, -0.25) is 0 Å². The smallest absolute Gasteiger partial charge is 0.234 e. The number of aromatic nitrogens is 1. The molecule has 0 aliphatic carbocycles. The van der Waals surface area contributed by atoms with Crippen LogP contribution in [0.2, 0.25) is 0 Å². The number of sulfone groups is 1. The zero-order chi connectivity index (χ0) is 20.4. The molecule has 0 aliphatic rings. The molecule has 0 bridgehead atoms. The zero-order valence-corrected chi connectivity index (χ0v) is 16.2. The van der Waals surface area contributed by atoms with Crippen molar-refractivity contribution in [1.82, 2.24) is 4.98 Å². The van der Waals surface area contributed by atoms with Crippen molar-refractivity contribution in [3.8, 4) is 11.5 Å². The topological polar surface area (TPSA) is 85.3 Å². The van der Waals surface area contributed by atoms with Gasteiger partial charge in [-0.25, -0.2) is 12.8 Å². The third-order valence-corrected chi connectivity index (χ3v) is 5.95. The second kappa shape index (κ2) is 7.56. The molecular weight excluding hydrogens is 395 g/mol. The Hall–Kier alpha value is -3.39. The number of aryl methyl sites for hydroxylation is 1. The molecule has 0 radical (unpaired) electrons. The maximum absolute atomic E-state index is 13.2. The van der Waals surface area contributed by atoms with E-state index in [0.29, 0.717) is 11.3 Å². The van der Waals surface area contributed by atoms with Gasteiger partial charge in [0.15, 0.2) is 0 Å². The highest BCUT2D eigenvalue weighted by Gasteiger charge is 2.28. The molecule has 0 unspecified atom stereocenters. The second-order valence-electron chi connectivity index (χ2n) is 6.41. The largest absolute Gasteiger partial charge is 0.467 e. The van der Waals surface area contributed by atoms with Gasteiger partial charge in [-0.15, -0.1) is 0 Å². The van der Waals surface area contributed by atoms with Crippen LogP contribution in [0.5, 0.6) is 0 Å². The van der Waals surface area contributed by atoms with Gasteiger partial charge < -0.3 is 14.2 Å². The van der Waals surface area contributed by atoms with Gasteiger partial charge in [-0.1, -0.05) is 17.7 Å². The van der Waals surface area contributed by atoms with Gasteiger partial charge in [0.1, 0.15) is 11.6 Å². The fraction of sp³-hybridized carbons (Fsp3) is 0.0952. The van der Waals surface area contributed by atoms with Crippen LogP contribution in [0.15, 0.2) is 85.7 Å². The molecule has 0 atom stereocenters. The lowest BCUT2D eigenvalue weighted by Crippen LogP contribution is -2.07. The summed E-state index contributed by atoms with van der Waals surface area (Å²) in [4.78, 5) is 4.31. The number of benzene rings is 2. The summed E-state index contributed by atoms with van der Waals surface area (Å²) >= 11 is 0. The Balaban J connectivity index is 1.77. The molecule has 4 aromatic rings. The number of oxazole rings is 1. The van der Waals surface area contributed by atoms with E-state index in [1.165, 1.54) is 42.7 Å². The molecule has 2 aromatic heterocycles. The Morgan fingerprint density at radius 2 is 1.76 bits per heavy atom. The van der Waals surface area contributed by atoms with Crippen LogP contribution in [-0.2, 0) is 16.4 Å². The van der Waals surface area contributed by atoms with Crippen molar-refractivity contribution in [2.75, 3.05) is 5.32 Å². The monoisotopic (exact) mass is 412 g/mol. The molecule has 0 fully saturated rings. The van der Waals surface area contributed by atoms with E-state index in [9.17, 15) is 12.8 Å². The Labute approximate surface area is 166 Å². The van der Waals surface area contributed by atoms with Crippen LogP contribution in [0, 0.1) is 12.7 Å². The number of nitrogens with one attached hydrogen (secondary N) is 1. The predicted octanol–water partition coefficient (Wildman–Crippen LogP) is 4.83. The zero-order valence-electron chi connectivity index (χ0n) is 15.4. The minimum Gasteiger partial charge on any atom is -0.467 e. The Morgan fingerprint density at radius 1 is 1.03 bits per heavy atom. The van der Waals surface area contributed by atoms with E-state index in [4.69, 9.17) is 8.83 Å². The lowest BCUT2D eigenvalue weighted by molar-refractivity contribution is 0.511. The second-order valence-corrected chi connectivity index (χ2v) is 8.27. The molecule has 0 spiro atoms. The van der Waals surface area contributed by atoms with Gasteiger partial charge in [0.05, 0.1) is 17.7 Å². The maximum atomic E-state index is 13.2. The summed E-state index contributed by atoms with van der Waals surface area (Å²) in [6, 6.07) is 15.4. The molecule has 2 heterocycles. The molecule has 148 valence electrons. The molecular formula is C21H17FN2O4S. The number of furan rings is 1. The number of hydrogen-bond acceptors (Lipinski definition) is 6. The van der Waals surface area contributed by atoms with Gasteiger partial charge in [-0.05, 0) is 55.5 Å². The first-order valence-electron chi connectivity index (χ1n) is 8.78. The SMILES string of the molecule is Cc1ccc(S(=O)(=O)c2nc(-c3ccc(F)cc3)oc2NCc2ccco2)cc1. The van der Waals surface area contributed by atoms with Crippen LogP contribution in [-0.4, -0.2) is 13.4 Å². The minimum absolute atomic E-state index is 0.0127. The summed E-state index contributed by atoms with van der Waals surface area (Å²) in [7, 11) is -3.94. The molecule has 29 heavy (non-hydrogen) atoms. The van der Waals surface area contributed by atoms with E-state index in [1.807, 2.05) is 6.92 Å². The van der Waals surface area contributed by atoms with E-state index < -0.39 is 15.7 Å². The first-order chi connectivity index (χ1) is 13.9. The van der Waals surface area contributed by atoms with Crippen molar-refractivity contribution < 1.29 is 21.6 Å². The summed E-state index contributed by atoms with van der Waals surface area (Å²) in [5, 5.41) is 2.68. The maximum Gasteiger partial charge on any atom is 0.234 e. The van der Waals surface area contributed by atoms with Crippen molar-refractivity contribution in [2.24, 2.45) is 0 Å². The quantitative estimate of drug-likeness (QED) is 0.488. The highest BCUT2D eigenvalue weighted by atomic mass is 32.2. The molecule has 6 nitrogen and oxygen atoms in total. The van der Waals surface area contributed by atoms with Gasteiger partial charge in [-0.2, -0.15) is 4.98 Å². The summed E-state index contributed by atoms with van der Waals surface area (Å²) in [6.07, 6.45) is 1.52. The van der Waals surface area contributed by atoms with Crippen LogP contribution in [0.1, 0.15) is 11.3 Å². The minimum atomic E-state index is -3.94. The van der Waals surface area contributed by atoms with Crippen molar-refractivity contribution >= 4 is 15.7 Å². The molecule has 8 heteroatoms. The number of halogens is 1. The average molecular weight is 412 g/mol. The standard InChI is InChI=1S/C21H17FN2O4S/c1-14-4-10-18(11-5-14)29(25,26)21-20(23-13-17-3-2-12-27-17)28-19(24-21)15-6-8-16(22)9-7-15/h2-12,23H,13H2,1H3. The molecule has 4 rings (SSSR count). The van der Waals surface area contributed by atoms with E-state index >= 15 is 0 Å². The molecule has 2 aromatic carbocycles. The number of nitrogens with zero attached hydrogens (tertiary/aromatic N) is 1. The molecule has 0 aliphatic heterocycles. The van der Waals surface area contributed by atoms with Crippen molar-refractivity contribution in [1.29, 1.82) is 0 Å². The van der Waals surface area contributed by atoms with Gasteiger partial charge >= 0.3 is 0 Å². The summed E-state index contributed by atoms with van der Waals surface area (Å²) in [5.41, 5.74) is 1.39. The van der Waals surface area contributed by atoms with Gasteiger partial charge in [0.2, 0.25) is 26.6 Å². The number of rotatable bonds is 6. The van der Waals surface area contributed by atoms with Crippen molar-refractivity contribution in [2.45, 2.75) is 23.4 Å². The van der Waals surface area contributed by atoms with E-state index in [0.717, 1.165) is 5.56 Å². The van der Waals surface area contributed by atoms with Crippen LogP contribution < -0.4 is 5.32 Å². The first kappa shape index (κ1) is 18.9. The van der Waals surface area contributed by atoms with Crippen molar-refractivity contribution in [3.05, 3.63) is 84.1 Å². The molecule has 0 saturated carbocycles. The van der Waals surface area contributed by atoms with E-state index in [1.54, 1.807) is 24.3 Å². The lowest BCUT2D eigenvalue weighted by atomic mass is 10.2. The summed E-state index contributed by atoms with van der Waals surface area (Å²) in [5.74, 6) is 0.242. The van der Waals surface area contributed by atoms with E-state index in [2.05, 4.69) is 10.3 Å². The Kier molecular flexibility index (Phi) is 4.94. The Bertz CT molecular complexity index is 1210. The van der Waals surface area contributed by atoms with Crippen LogP contribution in [0.4, 0.5) is 10.3 Å². The summed E-state index contributed by atoms with van der Waals surface area (Å²) in [6.45, 7) is 2.08. The fourth-order valence-corrected chi connectivity index (χ4v) is 4.00. The van der Waals surface area contributed by atoms with Crippen LogP contribution in [0.25, 0.3) is 11.5 Å². The summed E-state index contributed by atoms with van der Waals surface area (Å²) < 4.78 is 50.6. The third-order valence-electron chi connectivity index (χ3n) is 4.28. The van der Waals surface area contributed by atoms with Crippen LogP contribution >= 0.6 is 0 Å². The Morgan fingerprint density at radius 3 is 2.41 bits per heavy atom. The number of anilines is 1. The first-order valence-corrected chi connectivity index (χ1v) is 10.3. The normalized spacial score (nSPS) is 11.5. The fourth-order valence-electron chi connectivity index (χ4n) is 2.73. The predicted molar refractivity (Wildman–Crippen MR) is 105 cm³/mol. The molecule has 0 saturated heterocycles. The highest BCUT2D eigenvalue weighted by Crippen LogP contribution is 2.32. The van der Waals surface area contributed by atoms with E-state index in [-0.39, 0.29) is 28.2 Å². The highest BCUT2D eigenvalue weighted by molar-refractivity contribution is 7.91. The van der Waals surface area contributed by atoms with Crippen LogP contribution in [0.3, 0.4) is 0 Å². The molecule has 0 amide bonds. The van der Waals surface area contributed by atoms with Gasteiger partial charge in [0, 0.05) is 5.56 Å². The van der Waals surface area contributed by atoms with Crippen molar-refractivity contribution in [3.63, 3.8) is 0 Å². The number of hydrogen-bond donors (Lipinski definition) is 1. The average Bonchev–Trinajstić information content (AvgIpc) is 3.37. The molecule has 1 N–H and O–H groups in total.